The number of rotatable bonds is 4. The summed E-state index contributed by atoms with van der Waals surface area (Å²) in [7, 11) is -3.38. The van der Waals surface area contributed by atoms with E-state index in [4.69, 9.17) is 4.42 Å². The van der Waals surface area contributed by atoms with E-state index in [1.807, 2.05) is 24.3 Å². The average molecular weight is 344 g/mol. The van der Waals surface area contributed by atoms with Gasteiger partial charge < -0.3 is 4.42 Å². The quantitative estimate of drug-likeness (QED) is 0.784. The van der Waals surface area contributed by atoms with Crippen molar-refractivity contribution < 1.29 is 12.8 Å². The molecule has 3 heterocycles. The Kier molecular flexibility index (Phi) is 3.50. The van der Waals surface area contributed by atoms with E-state index >= 15 is 0 Å². The van der Waals surface area contributed by atoms with E-state index in [0.29, 0.717) is 12.3 Å². The van der Waals surface area contributed by atoms with E-state index in [2.05, 4.69) is 15.2 Å². The van der Waals surface area contributed by atoms with Crippen LogP contribution in [0.25, 0.3) is 11.3 Å². The number of hydrogen-bond donors (Lipinski definition) is 1. The van der Waals surface area contributed by atoms with Gasteiger partial charge in [0.05, 0.1) is 17.6 Å². The molecule has 1 atom stereocenters. The summed E-state index contributed by atoms with van der Waals surface area (Å²) >= 11 is 0. The van der Waals surface area contributed by atoms with Crippen LogP contribution in [0.4, 0.5) is 0 Å². The van der Waals surface area contributed by atoms with Crippen LogP contribution in [-0.2, 0) is 16.6 Å². The summed E-state index contributed by atoms with van der Waals surface area (Å²) in [5.74, 6) is 0.569. The lowest BCUT2D eigenvalue weighted by Gasteiger charge is -2.21. The highest BCUT2D eigenvalue weighted by molar-refractivity contribution is 7.89. The molecule has 1 N–H and O–H groups in total. The highest BCUT2D eigenvalue weighted by Crippen LogP contribution is 2.41. The first-order valence-corrected chi connectivity index (χ1v) is 9.21. The van der Waals surface area contributed by atoms with Crippen molar-refractivity contribution in [2.24, 2.45) is 0 Å². The molecule has 24 heavy (non-hydrogen) atoms. The Bertz CT molecular complexity index is 949. The van der Waals surface area contributed by atoms with Gasteiger partial charge in [0.15, 0.2) is 6.39 Å². The Hall–Kier alpha value is -2.45. The van der Waals surface area contributed by atoms with Crippen molar-refractivity contribution in [2.45, 2.75) is 19.5 Å². The van der Waals surface area contributed by atoms with Gasteiger partial charge in [0.2, 0.25) is 10.0 Å². The fraction of sp³-hybridized carbons (Fsp3) is 0.250. The summed E-state index contributed by atoms with van der Waals surface area (Å²) in [6.07, 6.45) is 4.58. The smallest absolute Gasteiger partial charge is 0.215 e. The molecule has 1 unspecified atom stereocenters. The SMILES string of the molecule is CCS(=O)(=O)N1Cc2cc(-c3ccn[nH]3)ccc2C1c1cnco1. The van der Waals surface area contributed by atoms with E-state index in [9.17, 15) is 8.42 Å². The molecule has 0 aliphatic carbocycles. The molecule has 1 aliphatic heterocycles. The fourth-order valence-electron chi connectivity index (χ4n) is 3.09. The van der Waals surface area contributed by atoms with Crippen molar-refractivity contribution in [1.82, 2.24) is 19.5 Å². The number of aromatic nitrogens is 3. The van der Waals surface area contributed by atoms with Gasteiger partial charge in [-0.1, -0.05) is 12.1 Å². The van der Waals surface area contributed by atoms with Crippen LogP contribution in [0.5, 0.6) is 0 Å². The van der Waals surface area contributed by atoms with Crippen molar-refractivity contribution in [3.05, 3.63) is 59.9 Å². The van der Waals surface area contributed by atoms with Crippen molar-refractivity contribution in [3.63, 3.8) is 0 Å². The van der Waals surface area contributed by atoms with E-state index in [1.165, 1.54) is 10.7 Å². The van der Waals surface area contributed by atoms with Crippen LogP contribution in [0.3, 0.4) is 0 Å². The summed E-state index contributed by atoms with van der Waals surface area (Å²) in [4.78, 5) is 3.94. The molecule has 2 aromatic heterocycles. The minimum absolute atomic E-state index is 0.0407. The maximum atomic E-state index is 12.5. The average Bonchev–Trinajstić information content (AvgIpc) is 3.32. The Morgan fingerprint density at radius 1 is 1.38 bits per heavy atom. The molecule has 7 nitrogen and oxygen atoms in total. The lowest BCUT2D eigenvalue weighted by molar-refractivity contribution is 0.339. The molecule has 8 heteroatoms. The van der Waals surface area contributed by atoms with Gasteiger partial charge in [-0.05, 0) is 35.7 Å². The van der Waals surface area contributed by atoms with Crippen molar-refractivity contribution in [3.8, 4) is 11.3 Å². The molecule has 0 amide bonds. The molecule has 1 aliphatic rings. The van der Waals surface area contributed by atoms with Gasteiger partial charge in [-0.15, -0.1) is 0 Å². The van der Waals surface area contributed by atoms with Gasteiger partial charge in [0.1, 0.15) is 11.8 Å². The van der Waals surface area contributed by atoms with Crippen LogP contribution in [0.15, 0.2) is 47.5 Å². The van der Waals surface area contributed by atoms with Gasteiger partial charge in [-0.3, -0.25) is 5.10 Å². The van der Waals surface area contributed by atoms with E-state index in [0.717, 1.165) is 22.4 Å². The summed E-state index contributed by atoms with van der Waals surface area (Å²) in [6, 6.07) is 7.31. The van der Waals surface area contributed by atoms with E-state index in [1.54, 1.807) is 19.3 Å². The van der Waals surface area contributed by atoms with Gasteiger partial charge in [0, 0.05) is 12.7 Å². The summed E-state index contributed by atoms with van der Waals surface area (Å²) < 4.78 is 32.0. The minimum atomic E-state index is -3.38. The van der Waals surface area contributed by atoms with Gasteiger partial charge in [0.25, 0.3) is 0 Å². The standard InChI is InChI=1S/C16H16N4O3S/c1-2-24(21,22)20-9-12-7-11(14-5-6-18-19-14)3-4-13(12)16(20)15-8-17-10-23-15/h3-8,10,16H,2,9H2,1H3,(H,18,19). The molecule has 1 aromatic carbocycles. The minimum Gasteiger partial charge on any atom is -0.446 e. The number of H-pyrrole nitrogens is 1. The summed E-state index contributed by atoms with van der Waals surface area (Å²) in [5, 5.41) is 6.89. The topological polar surface area (TPSA) is 92.1 Å². The molecule has 3 aromatic rings. The molecule has 124 valence electrons. The van der Waals surface area contributed by atoms with Crippen LogP contribution in [-0.4, -0.2) is 33.7 Å². The number of hydrogen-bond acceptors (Lipinski definition) is 5. The van der Waals surface area contributed by atoms with Crippen LogP contribution < -0.4 is 0 Å². The zero-order valence-corrected chi connectivity index (χ0v) is 13.8. The Balaban J connectivity index is 1.83. The molecule has 0 bridgehead atoms. The maximum absolute atomic E-state index is 12.5. The molecule has 0 saturated carbocycles. The first-order valence-electron chi connectivity index (χ1n) is 7.60. The van der Waals surface area contributed by atoms with Crippen molar-refractivity contribution in [2.75, 3.05) is 5.75 Å². The van der Waals surface area contributed by atoms with Crippen molar-refractivity contribution in [1.29, 1.82) is 0 Å². The first kappa shape index (κ1) is 15.1. The third kappa shape index (κ3) is 2.35. The second-order valence-electron chi connectivity index (χ2n) is 5.64. The Morgan fingerprint density at radius 2 is 2.25 bits per heavy atom. The molecular formula is C16H16N4O3S. The largest absolute Gasteiger partial charge is 0.446 e. The van der Waals surface area contributed by atoms with E-state index < -0.39 is 16.1 Å². The predicted octanol–water partition coefficient (Wildman–Crippen LogP) is 2.32. The second-order valence-corrected chi connectivity index (χ2v) is 7.85. The number of fused-ring (bicyclic) bond motifs is 1. The maximum Gasteiger partial charge on any atom is 0.215 e. The van der Waals surface area contributed by atoms with Crippen LogP contribution in [0.2, 0.25) is 0 Å². The molecule has 0 radical (unpaired) electrons. The number of sulfonamides is 1. The number of benzene rings is 1. The Morgan fingerprint density at radius 3 is 2.92 bits per heavy atom. The highest BCUT2D eigenvalue weighted by Gasteiger charge is 2.40. The first-order chi connectivity index (χ1) is 11.6. The number of oxazole rings is 1. The highest BCUT2D eigenvalue weighted by atomic mass is 32.2. The van der Waals surface area contributed by atoms with Gasteiger partial charge >= 0.3 is 0 Å². The van der Waals surface area contributed by atoms with Crippen LogP contribution in [0, 0.1) is 0 Å². The monoisotopic (exact) mass is 344 g/mol. The van der Waals surface area contributed by atoms with Crippen molar-refractivity contribution >= 4 is 10.0 Å². The van der Waals surface area contributed by atoms with Gasteiger partial charge in [-0.2, -0.15) is 9.40 Å². The molecular weight excluding hydrogens is 328 g/mol. The molecule has 0 fully saturated rings. The zero-order chi connectivity index (χ0) is 16.7. The Labute approximate surface area is 139 Å². The molecule has 4 rings (SSSR count). The van der Waals surface area contributed by atoms with Crippen LogP contribution >= 0.6 is 0 Å². The number of nitrogens with zero attached hydrogens (tertiary/aromatic N) is 3. The fourth-order valence-corrected chi connectivity index (χ4v) is 4.29. The van der Waals surface area contributed by atoms with E-state index in [-0.39, 0.29) is 5.75 Å². The lowest BCUT2D eigenvalue weighted by atomic mass is 10.00. The summed E-state index contributed by atoms with van der Waals surface area (Å²) in [6.45, 7) is 1.96. The predicted molar refractivity (Wildman–Crippen MR) is 87.4 cm³/mol. The summed E-state index contributed by atoms with van der Waals surface area (Å²) in [5.41, 5.74) is 3.75. The van der Waals surface area contributed by atoms with Gasteiger partial charge in [-0.25, -0.2) is 13.4 Å². The second kappa shape index (κ2) is 5.57. The third-order valence-corrected chi connectivity index (χ3v) is 6.09. The molecule has 0 saturated heterocycles. The van der Waals surface area contributed by atoms with Crippen LogP contribution in [0.1, 0.15) is 29.9 Å². The number of nitrogens with one attached hydrogen (secondary N) is 1. The lowest BCUT2D eigenvalue weighted by Crippen LogP contribution is -2.31. The molecule has 0 spiro atoms. The zero-order valence-electron chi connectivity index (χ0n) is 13.0. The number of aromatic amines is 1. The normalized spacial score (nSPS) is 18.0. The third-order valence-electron chi connectivity index (χ3n) is 4.31.